The monoisotopic (exact) mass is 447 g/mol. The summed E-state index contributed by atoms with van der Waals surface area (Å²) in [6, 6.07) is 17.2. The van der Waals surface area contributed by atoms with Gasteiger partial charge in [-0.1, -0.05) is 42.5 Å². The normalized spacial score (nSPS) is 16.8. The summed E-state index contributed by atoms with van der Waals surface area (Å²) < 4.78 is 0. The number of nitrogens with zero attached hydrogens (tertiary/aromatic N) is 2. The lowest BCUT2D eigenvalue weighted by Crippen LogP contribution is -2.42. The predicted octanol–water partition coefficient (Wildman–Crippen LogP) is 4.58. The molecule has 0 aromatic heterocycles. The van der Waals surface area contributed by atoms with E-state index >= 15 is 0 Å². The Kier molecular flexibility index (Phi) is 7.81. The Morgan fingerprint density at radius 3 is 2.42 bits per heavy atom. The van der Waals surface area contributed by atoms with Gasteiger partial charge in [-0.25, -0.2) is 0 Å². The van der Waals surface area contributed by atoms with Gasteiger partial charge in [-0.15, -0.1) is 0 Å². The van der Waals surface area contributed by atoms with Crippen LogP contribution in [-0.2, 0) is 16.0 Å². The van der Waals surface area contributed by atoms with Gasteiger partial charge < -0.3 is 10.2 Å². The molecule has 5 nitrogen and oxygen atoms in total. The first-order valence-electron chi connectivity index (χ1n) is 12.4. The third-order valence-electron chi connectivity index (χ3n) is 7.02. The van der Waals surface area contributed by atoms with Crippen molar-refractivity contribution in [2.45, 2.75) is 58.4 Å². The SMILES string of the molecule is Cc1ccc(C)c(NC(=O)CN(CCC(=O)N2CCC(Cc3ccccc3)CC2)C2CC2)c1. The molecule has 2 fully saturated rings. The van der Waals surface area contributed by atoms with Crippen molar-refractivity contribution in [2.24, 2.45) is 5.92 Å². The standard InChI is InChI=1S/C28H37N3O2/c1-21-8-9-22(2)26(18-21)29-27(32)20-31(25-10-11-25)17-14-28(33)30-15-12-24(13-16-30)19-23-6-4-3-5-7-23/h3-9,18,24-25H,10-17,19-20H2,1-2H3,(H,29,32). The maximum Gasteiger partial charge on any atom is 0.238 e. The first-order chi connectivity index (χ1) is 16.0. The number of anilines is 1. The van der Waals surface area contributed by atoms with Gasteiger partial charge in [0.15, 0.2) is 0 Å². The molecule has 0 radical (unpaired) electrons. The number of aryl methyl sites for hydroxylation is 2. The smallest absolute Gasteiger partial charge is 0.238 e. The van der Waals surface area contributed by atoms with Gasteiger partial charge in [0, 0.05) is 37.8 Å². The predicted molar refractivity (Wildman–Crippen MR) is 133 cm³/mol. The van der Waals surface area contributed by atoms with E-state index in [2.05, 4.69) is 46.6 Å². The number of likely N-dealkylation sites (tertiary alicyclic amines) is 1. The van der Waals surface area contributed by atoms with Crippen LogP contribution in [0.5, 0.6) is 0 Å². The van der Waals surface area contributed by atoms with E-state index in [1.165, 1.54) is 5.56 Å². The molecule has 0 atom stereocenters. The Bertz CT molecular complexity index is 947. The Morgan fingerprint density at radius 1 is 1.00 bits per heavy atom. The molecule has 0 spiro atoms. The van der Waals surface area contributed by atoms with Crippen molar-refractivity contribution >= 4 is 17.5 Å². The first-order valence-corrected chi connectivity index (χ1v) is 12.4. The van der Waals surface area contributed by atoms with Crippen LogP contribution in [0.15, 0.2) is 48.5 Å². The van der Waals surface area contributed by atoms with Crippen LogP contribution >= 0.6 is 0 Å². The van der Waals surface area contributed by atoms with Gasteiger partial charge in [0.1, 0.15) is 0 Å². The second-order valence-corrected chi connectivity index (χ2v) is 9.83. The minimum Gasteiger partial charge on any atom is -0.343 e. The number of piperidine rings is 1. The molecule has 0 bridgehead atoms. The zero-order chi connectivity index (χ0) is 23.2. The van der Waals surface area contributed by atoms with E-state index in [0.717, 1.165) is 62.0 Å². The van der Waals surface area contributed by atoms with Crippen LogP contribution in [0.2, 0.25) is 0 Å². The summed E-state index contributed by atoms with van der Waals surface area (Å²) >= 11 is 0. The van der Waals surface area contributed by atoms with Crippen molar-refractivity contribution in [3.05, 3.63) is 65.2 Å². The molecule has 0 unspecified atom stereocenters. The molecule has 4 rings (SSSR count). The highest BCUT2D eigenvalue weighted by Gasteiger charge is 2.31. The second-order valence-electron chi connectivity index (χ2n) is 9.83. The van der Waals surface area contributed by atoms with Gasteiger partial charge in [0.25, 0.3) is 0 Å². The lowest BCUT2D eigenvalue weighted by molar-refractivity contribution is -0.133. The fourth-order valence-electron chi connectivity index (χ4n) is 4.81. The van der Waals surface area contributed by atoms with Crippen LogP contribution in [0.1, 0.15) is 48.8 Å². The van der Waals surface area contributed by atoms with Gasteiger partial charge in [-0.05, 0) is 74.6 Å². The molecule has 5 heteroatoms. The summed E-state index contributed by atoms with van der Waals surface area (Å²) in [5, 5.41) is 3.06. The van der Waals surface area contributed by atoms with E-state index in [4.69, 9.17) is 0 Å². The van der Waals surface area contributed by atoms with E-state index in [0.29, 0.717) is 31.5 Å². The number of amides is 2. The highest BCUT2D eigenvalue weighted by molar-refractivity contribution is 5.93. The zero-order valence-corrected chi connectivity index (χ0v) is 20.1. The molecule has 1 saturated heterocycles. The molecule has 1 aliphatic heterocycles. The van der Waals surface area contributed by atoms with Crippen molar-refractivity contribution in [2.75, 3.05) is 31.5 Å². The quantitative estimate of drug-likeness (QED) is 0.612. The zero-order valence-electron chi connectivity index (χ0n) is 20.1. The molecule has 33 heavy (non-hydrogen) atoms. The molecule has 2 aromatic carbocycles. The Balaban J connectivity index is 1.22. The van der Waals surface area contributed by atoms with Crippen LogP contribution in [0.25, 0.3) is 0 Å². The maximum absolute atomic E-state index is 12.9. The van der Waals surface area contributed by atoms with Crippen LogP contribution in [0.4, 0.5) is 5.69 Å². The van der Waals surface area contributed by atoms with Crippen molar-refractivity contribution in [3.8, 4) is 0 Å². The fraction of sp³-hybridized carbons (Fsp3) is 0.500. The highest BCUT2D eigenvalue weighted by Crippen LogP contribution is 2.27. The average molecular weight is 448 g/mol. The Labute approximate surface area is 198 Å². The molecular weight excluding hydrogens is 410 g/mol. The number of nitrogens with one attached hydrogen (secondary N) is 1. The topological polar surface area (TPSA) is 52.7 Å². The van der Waals surface area contributed by atoms with Crippen molar-refractivity contribution in [1.82, 2.24) is 9.80 Å². The van der Waals surface area contributed by atoms with E-state index in [1.807, 2.05) is 30.9 Å². The summed E-state index contributed by atoms with van der Waals surface area (Å²) in [5.74, 6) is 0.895. The van der Waals surface area contributed by atoms with Gasteiger partial charge >= 0.3 is 0 Å². The van der Waals surface area contributed by atoms with Crippen LogP contribution < -0.4 is 5.32 Å². The molecular formula is C28H37N3O2. The molecule has 176 valence electrons. The van der Waals surface area contributed by atoms with Crippen molar-refractivity contribution in [1.29, 1.82) is 0 Å². The van der Waals surface area contributed by atoms with Crippen LogP contribution in [0, 0.1) is 19.8 Å². The summed E-state index contributed by atoms with van der Waals surface area (Å²) in [6.07, 6.45) is 5.99. The molecule has 1 aliphatic carbocycles. The number of carbonyl (C=O) groups excluding carboxylic acids is 2. The van der Waals surface area contributed by atoms with Crippen molar-refractivity contribution < 1.29 is 9.59 Å². The summed E-state index contributed by atoms with van der Waals surface area (Å²) in [6.45, 7) is 6.76. The van der Waals surface area contributed by atoms with Crippen molar-refractivity contribution in [3.63, 3.8) is 0 Å². The van der Waals surface area contributed by atoms with E-state index in [1.54, 1.807) is 0 Å². The largest absolute Gasteiger partial charge is 0.343 e. The molecule has 1 heterocycles. The van der Waals surface area contributed by atoms with Crippen LogP contribution in [0.3, 0.4) is 0 Å². The number of hydrogen-bond donors (Lipinski definition) is 1. The summed E-state index contributed by atoms with van der Waals surface area (Å²) in [4.78, 5) is 29.8. The van der Waals surface area contributed by atoms with Gasteiger partial charge in [0.05, 0.1) is 6.54 Å². The maximum atomic E-state index is 12.9. The van der Waals surface area contributed by atoms with E-state index in [-0.39, 0.29) is 11.8 Å². The van der Waals surface area contributed by atoms with E-state index < -0.39 is 0 Å². The average Bonchev–Trinajstić information content (AvgIpc) is 3.65. The van der Waals surface area contributed by atoms with Gasteiger partial charge in [-0.2, -0.15) is 0 Å². The lowest BCUT2D eigenvalue weighted by Gasteiger charge is -2.33. The van der Waals surface area contributed by atoms with Gasteiger partial charge in [0.2, 0.25) is 11.8 Å². The molecule has 2 aromatic rings. The lowest BCUT2D eigenvalue weighted by atomic mass is 9.90. The summed E-state index contributed by atoms with van der Waals surface area (Å²) in [5.41, 5.74) is 4.47. The third-order valence-corrected chi connectivity index (χ3v) is 7.02. The fourth-order valence-corrected chi connectivity index (χ4v) is 4.81. The summed E-state index contributed by atoms with van der Waals surface area (Å²) in [7, 11) is 0. The minimum atomic E-state index is 0.00442. The molecule has 2 amide bonds. The minimum absolute atomic E-state index is 0.00442. The Hall–Kier alpha value is -2.66. The number of rotatable bonds is 9. The molecule has 2 aliphatic rings. The Morgan fingerprint density at radius 2 is 1.73 bits per heavy atom. The molecule has 1 N–H and O–H groups in total. The second kappa shape index (κ2) is 11.0. The highest BCUT2D eigenvalue weighted by atomic mass is 16.2. The molecule has 1 saturated carbocycles. The number of carbonyl (C=O) groups is 2. The number of benzene rings is 2. The van der Waals surface area contributed by atoms with Gasteiger partial charge in [-0.3, -0.25) is 14.5 Å². The number of hydrogen-bond acceptors (Lipinski definition) is 3. The van der Waals surface area contributed by atoms with Crippen LogP contribution in [-0.4, -0.2) is 53.8 Å². The van der Waals surface area contributed by atoms with E-state index in [9.17, 15) is 9.59 Å². The first kappa shape index (κ1) is 23.5. The third kappa shape index (κ3) is 6.91.